The highest BCUT2D eigenvalue weighted by Crippen LogP contribution is 2.21. The molecule has 0 aliphatic heterocycles. The molecule has 0 bridgehead atoms. The monoisotopic (exact) mass is 310 g/mol. The maximum Gasteiger partial charge on any atom is 0.173 e. The molecule has 0 amide bonds. The van der Waals surface area contributed by atoms with Gasteiger partial charge in [0.1, 0.15) is 5.82 Å². The van der Waals surface area contributed by atoms with Gasteiger partial charge < -0.3 is 0 Å². The molecule has 102 valence electrons. The lowest BCUT2D eigenvalue weighted by molar-refractivity contribution is 0.0892. The Kier molecular flexibility index (Phi) is 4.53. The summed E-state index contributed by atoms with van der Waals surface area (Å²) in [5.41, 5.74) is 0.126. The van der Waals surface area contributed by atoms with Crippen LogP contribution in [0.25, 0.3) is 0 Å². The second-order valence-corrected chi connectivity index (χ2v) is 5.03. The first kappa shape index (κ1) is 14.7. The van der Waals surface area contributed by atoms with E-state index in [0.717, 1.165) is 0 Å². The highest BCUT2D eigenvalue weighted by molar-refractivity contribution is 6.35. The maximum atomic E-state index is 13.4. The fraction of sp³-hybridized carbons (Fsp3) is 0.0667. The van der Waals surface area contributed by atoms with Gasteiger partial charge in [-0.3, -0.25) is 9.59 Å². The van der Waals surface area contributed by atoms with Crippen molar-refractivity contribution in [1.82, 2.24) is 0 Å². The molecule has 0 aliphatic rings. The third-order valence-electron chi connectivity index (χ3n) is 2.68. The predicted molar refractivity (Wildman–Crippen MR) is 76.1 cm³/mol. The van der Waals surface area contributed by atoms with Gasteiger partial charge in [0.25, 0.3) is 0 Å². The molecule has 0 N–H and O–H groups in total. The normalized spacial score (nSPS) is 10.3. The average Bonchev–Trinajstić information content (AvgIpc) is 2.37. The van der Waals surface area contributed by atoms with E-state index in [1.165, 1.54) is 42.5 Å². The number of benzene rings is 2. The Labute approximate surface area is 125 Å². The lowest BCUT2D eigenvalue weighted by Crippen LogP contribution is -2.10. The summed E-state index contributed by atoms with van der Waals surface area (Å²) in [6.45, 7) is 0. The Balaban J connectivity index is 2.20. The molecular formula is C15H9Cl2FO2. The van der Waals surface area contributed by atoms with Gasteiger partial charge in [-0.05, 0) is 30.3 Å². The second-order valence-electron chi connectivity index (χ2n) is 4.16. The third-order valence-corrected chi connectivity index (χ3v) is 3.12. The Morgan fingerprint density at radius 2 is 1.55 bits per heavy atom. The van der Waals surface area contributed by atoms with Gasteiger partial charge >= 0.3 is 0 Å². The van der Waals surface area contributed by atoms with Gasteiger partial charge in [-0.25, -0.2) is 4.39 Å². The number of hydrogen-bond acceptors (Lipinski definition) is 2. The molecule has 2 aromatic rings. The zero-order valence-corrected chi connectivity index (χ0v) is 11.7. The second kappa shape index (κ2) is 6.16. The Morgan fingerprint density at radius 1 is 0.950 bits per heavy atom. The van der Waals surface area contributed by atoms with Gasteiger partial charge in [0.2, 0.25) is 0 Å². The van der Waals surface area contributed by atoms with Crippen LogP contribution in [0.15, 0.2) is 42.5 Å². The van der Waals surface area contributed by atoms with Gasteiger partial charge in [0, 0.05) is 15.6 Å². The summed E-state index contributed by atoms with van der Waals surface area (Å²) >= 11 is 11.6. The molecule has 0 heterocycles. The van der Waals surface area contributed by atoms with Crippen LogP contribution in [0.2, 0.25) is 10.0 Å². The number of rotatable bonds is 4. The molecule has 0 atom stereocenters. The SMILES string of the molecule is O=C(CC(=O)c1ccccc1F)c1cc(Cl)cc(Cl)c1. The largest absolute Gasteiger partial charge is 0.294 e. The van der Waals surface area contributed by atoms with Crippen LogP contribution in [0.1, 0.15) is 27.1 Å². The molecule has 2 aromatic carbocycles. The van der Waals surface area contributed by atoms with Crippen LogP contribution in [0, 0.1) is 5.82 Å². The Hall–Kier alpha value is -1.71. The highest BCUT2D eigenvalue weighted by atomic mass is 35.5. The van der Waals surface area contributed by atoms with Crippen molar-refractivity contribution in [3.8, 4) is 0 Å². The molecule has 5 heteroatoms. The van der Waals surface area contributed by atoms with Crippen molar-refractivity contribution in [3.05, 3.63) is 69.5 Å². The summed E-state index contributed by atoms with van der Waals surface area (Å²) in [5, 5.41) is 0.610. The summed E-state index contributed by atoms with van der Waals surface area (Å²) in [6.07, 6.45) is -0.433. The van der Waals surface area contributed by atoms with E-state index in [9.17, 15) is 14.0 Å². The van der Waals surface area contributed by atoms with Crippen LogP contribution >= 0.6 is 23.2 Å². The summed E-state index contributed by atoms with van der Waals surface area (Å²) in [5.74, 6) is -1.68. The lowest BCUT2D eigenvalue weighted by atomic mass is 10.0. The van der Waals surface area contributed by atoms with E-state index in [-0.39, 0.29) is 11.1 Å². The molecule has 0 saturated heterocycles. The van der Waals surface area contributed by atoms with Crippen molar-refractivity contribution < 1.29 is 14.0 Å². The Bertz CT molecular complexity index is 663. The minimum atomic E-state index is -0.644. The molecule has 0 aliphatic carbocycles. The van der Waals surface area contributed by atoms with Crippen LogP contribution in [0.3, 0.4) is 0 Å². The van der Waals surface area contributed by atoms with Crippen molar-refractivity contribution in [3.63, 3.8) is 0 Å². The fourth-order valence-electron chi connectivity index (χ4n) is 1.75. The molecule has 0 saturated carbocycles. The highest BCUT2D eigenvalue weighted by Gasteiger charge is 2.17. The quantitative estimate of drug-likeness (QED) is 0.611. The van der Waals surface area contributed by atoms with Crippen molar-refractivity contribution in [2.75, 3.05) is 0 Å². The van der Waals surface area contributed by atoms with Gasteiger partial charge in [-0.15, -0.1) is 0 Å². The van der Waals surface area contributed by atoms with Crippen molar-refractivity contribution >= 4 is 34.8 Å². The predicted octanol–water partition coefficient (Wildman–Crippen LogP) is 4.59. The zero-order chi connectivity index (χ0) is 14.7. The maximum absolute atomic E-state index is 13.4. The molecule has 2 nitrogen and oxygen atoms in total. The molecule has 2 rings (SSSR count). The molecule has 0 fully saturated rings. The van der Waals surface area contributed by atoms with Crippen molar-refractivity contribution in [2.24, 2.45) is 0 Å². The van der Waals surface area contributed by atoms with Crippen LogP contribution in [-0.4, -0.2) is 11.6 Å². The first-order valence-corrected chi connectivity index (χ1v) is 6.50. The van der Waals surface area contributed by atoms with Crippen molar-refractivity contribution in [1.29, 1.82) is 0 Å². The molecule has 0 unspecified atom stereocenters. The molecule has 20 heavy (non-hydrogen) atoms. The number of Topliss-reactive ketones (excluding diaryl/α,β-unsaturated/α-hetero) is 2. The number of carbonyl (C=O) groups is 2. The van der Waals surface area contributed by atoms with E-state index >= 15 is 0 Å². The van der Waals surface area contributed by atoms with E-state index in [1.807, 2.05) is 0 Å². The minimum absolute atomic E-state index is 0.103. The third kappa shape index (κ3) is 3.44. The number of ketones is 2. The molecular weight excluding hydrogens is 302 g/mol. The van der Waals surface area contributed by atoms with E-state index in [0.29, 0.717) is 10.0 Å². The standard InChI is InChI=1S/C15H9Cl2FO2/c16-10-5-9(6-11(17)7-10)14(19)8-15(20)12-3-1-2-4-13(12)18/h1-7H,8H2. The van der Waals surface area contributed by atoms with Crippen LogP contribution < -0.4 is 0 Å². The number of halogens is 3. The van der Waals surface area contributed by atoms with Gasteiger partial charge in [-0.2, -0.15) is 0 Å². The van der Waals surface area contributed by atoms with E-state index in [1.54, 1.807) is 0 Å². The summed E-state index contributed by atoms with van der Waals surface area (Å²) in [6, 6.07) is 9.86. The first-order valence-electron chi connectivity index (χ1n) is 5.74. The van der Waals surface area contributed by atoms with Crippen LogP contribution in [-0.2, 0) is 0 Å². The first-order chi connectivity index (χ1) is 9.47. The number of carbonyl (C=O) groups excluding carboxylic acids is 2. The van der Waals surface area contributed by atoms with E-state index < -0.39 is 23.8 Å². The summed E-state index contributed by atoms with van der Waals surface area (Å²) < 4.78 is 13.4. The minimum Gasteiger partial charge on any atom is -0.294 e. The van der Waals surface area contributed by atoms with E-state index in [4.69, 9.17) is 23.2 Å². The van der Waals surface area contributed by atoms with Crippen LogP contribution in [0.4, 0.5) is 4.39 Å². The van der Waals surface area contributed by atoms with Gasteiger partial charge in [-0.1, -0.05) is 35.3 Å². The topological polar surface area (TPSA) is 34.1 Å². The molecule has 0 radical (unpaired) electrons. The van der Waals surface area contributed by atoms with Gasteiger partial charge in [0.05, 0.1) is 12.0 Å². The van der Waals surface area contributed by atoms with Crippen LogP contribution in [0.5, 0.6) is 0 Å². The van der Waals surface area contributed by atoms with Gasteiger partial charge in [0.15, 0.2) is 11.6 Å². The Morgan fingerprint density at radius 3 is 2.15 bits per heavy atom. The fourth-order valence-corrected chi connectivity index (χ4v) is 2.27. The molecule has 0 aromatic heterocycles. The lowest BCUT2D eigenvalue weighted by Gasteiger charge is -2.04. The summed E-state index contributed by atoms with van der Waals surface area (Å²) in [7, 11) is 0. The molecule has 0 spiro atoms. The smallest absolute Gasteiger partial charge is 0.173 e. The zero-order valence-electron chi connectivity index (χ0n) is 10.2. The average molecular weight is 311 g/mol. The summed E-state index contributed by atoms with van der Waals surface area (Å²) in [4.78, 5) is 23.9. The number of hydrogen-bond donors (Lipinski definition) is 0. The van der Waals surface area contributed by atoms with E-state index in [2.05, 4.69) is 0 Å². The van der Waals surface area contributed by atoms with Crippen molar-refractivity contribution in [2.45, 2.75) is 6.42 Å².